The van der Waals surface area contributed by atoms with Crippen molar-refractivity contribution in [1.82, 2.24) is 0 Å². The molecule has 10 heavy (non-hydrogen) atoms. The topological polar surface area (TPSA) is 54.4 Å². The second kappa shape index (κ2) is 2.51. The van der Waals surface area contributed by atoms with Crippen molar-refractivity contribution in [3.8, 4) is 0 Å². The van der Waals surface area contributed by atoms with E-state index in [0.717, 1.165) is 12.8 Å². The van der Waals surface area contributed by atoms with Crippen LogP contribution in [0.1, 0.15) is 12.8 Å². The summed E-state index contributed by atoms with van der Waals surface area (Å²) < 4.78 is 21.7. The van der Waals surface area contributed by atoms with Crippen LogP contribution in [0.25, 0.3) is 0 Å². The molecule has 0 aromatic carbocycles. The predicted molar refractivity (Wildman–Crippen MR) is 38.4 cm³/mol. The van der Waals surface area contributed by atoms with Crippen LogP contribution in [-0.4, -0.2) is 31.6 Å². The molecule has 1 saturated carbocycles. The van der Waals surface area contributed by atoms with E-state index >= 15 is 0 Å². The van der Waals surface area contributed by atoms with Crippen molar-refractivity contribution in [2.24, 2.45) is 5.92 Å². The standard InChI is InChI=1S/C6H12O3S/c1-10(8,9)6-3-2-5(6)4-7/h5-7H,2-4H2,1H3. The molecular formula is C6H12O3S. The Bertz CT molecular complexity index is 205. The van der Waals surface area contributed by atoms with Gasteiger partial charge >= 0.3 is 0 Å². The molecule has 3 nitrogen and oxygen atoms in total. The second-order valence-electron chi connectivity index (χ2n) is 2.89. The van der Waals surface area contributed by atoms with Crippen LogP contribution in [0.3, 0.4) is 0 Å². The Balaban J connectivity index is 2.60. The molecule has 1 N–H and O–H groups in total. The van der Waals surface area contributed by atoms with Gasteiger partial charge in [-0.1, -0.05) is 0 Å². The molecule has 0 spiro atoms. The van der Waals surface area contributed by atoms with Crippen molar-refractivity contribution in [2.75, 3.05) is 12.9 Å². The number of sulfone groups is 1. The summed E-state index contributed by atoms with van der Waals surface area (Å²) in [6.45, 7) is 0.0116. The van der Waals surface area contributed by atoms with Crippen LogP contribution in [0.4, 0.5) is 0 Å². The molecule has 0 amide bonds. The summed E-state index contributed by atoms with van der Waals surface area (Å²) in [5.41, 5.74) is 0. The van der Waals surface area contributed by atoms with Gasteiger partial charge in [0.25, 0.3) is 0 Å². The van der Waals surface area contributed by atoms with E-state index in [-0.39, 0.29) is 17.8 Å². The van der Waals surface area contributed by atoms with Gasteiger partial charge in [-0.25, -0.2) is 8.42 Å². The minimum Gasteiger partial charge on any atom is -0.396 e. The van der Waals surface area contributed by atoms with Crippen molar-refractivity contribution in [2.45, 2.75) is 18.1 Å². The van der Waals surface area contributed by atoms with Gasteiger partial charge in [0.05, 0.1) is 5.25 Å². The molecule has 0 heterocycles. The normalized spacial score (nSPS) is 33.4. The summed E-state index contributed by atoms with van der Waals surface area (Å²) in [5, 5.41) is 8.39. The lowest BCUT2D eigenvalue weighted by Crippen LogP contribution is -2.40. The SMILES string of the molecule is CS(=O)(=O)C1CCC1CO. The largest absolute Gasteiger partial charge is 0.396 e. The first-order valence-corrected chi connectivity index (χ1v) is 5.31. The van der Waals surface area contributed by atoms with Crippen molar-refractivity contribution in [3.05, 3.63) is 0 Å². The summed E-state index contributed by atoms with van der Waals surface area (Å²) in [6, 6.07) is 0. The first-order valence-electron chi connectivity index (χ1n) is 3.35. The molecule has 1 aliphatic carbocycles. The molecule has 2 atom stereocenters. The zero-order valence-corrected chi connectivity index (χ0v) is 6.76. The highest BCUT2D eigenvalue weighted by molar-refractivity contribution is 7.91. The van der Waals surface area contributed by atoms with E-state index < -0.39 is 9.84 Å². The molecule has 4 heteroatoms. The zero-order chi connectivity index (χ0) is 7.78. The van der Waals surface area contributed by atoms with Crippen molar-refractivity contribution >= 4 is 9.84 Å². The van der Waals surface area contributed by atoms with Crippen molar-refractivity contribution < 1.29 is 13.5 Å². The van der Waals surface area contributed by atoms with Gasteiger partial charge in [0.1, 0.15) is 0 Å². The molecule has 2 unspecified atom stereocenters. The van der Waals surface area contributed by atoms with Crippen LogP contribution >= 0.6 is 0 Å². The van der Waals surface area contributed by atoms with Crippen LogP contribution in [0, 0.1) is 5.92 Å². The molecule has 0 radical (unpaired) electrons. The molecular weight excluding hydrogens is 152 g/mol. The van der Waals surface area contributed by atoms with Gasteiger partial charge in [-0.15, -0.1) is 0 Å². The lowest BCUT2D eigenvalue weighted by Gasteiger charge is -2.33. The van der Waals surface area contributed by atoms with Gasteiger partial charge in [0, 0.05) is 12.9 Å². The van der Waals surface area contributed by atoms with Crippen molar-refractivity contribution in [1.29, 1.82) is 0 Å². The maximum atomic E-state index is 10.9. The average Bonchev–Trinajstić information content (AvgIpc) is 1.57. The molecule has 0 aromatic rings. The Labute approximate surface area is 61.0 Å². The molecule has 0 saturated heterocycles. The van der Waals surface area contributed by atoms with E-state index in [9.17, 15) is 8.42 Å². The van der Waals surface area contributed by atoms with Gasteiger partial charge in [0.15, 0.2) is 9.84 Å². The Morgan fingerprint density at radius 2 is 2.10 bits per heavy atom. The lowest BCUT2D eigenvalue weighted by atomic mass is 9.85. The fourth-order valence-electron chi connectivity index (χ4n) is 1.31. The quantitative estimate of drug-likeness (QED) is 0.615. The van der Waals surface area contributed by atoms with E-state index in [2.05, 4.69) is 0 Å². The highest BCUT2D eigenvalue weighted by atomic mass is 32.2. The summed E-state index contributed by atoms with van der Waals surface area (Å²) in [7, 11) is -2.89. The van der Waals surface area contributed by atoms with E-state index in [4.69, 9.17) is 5.11 Å². The maximum Gasteiger partial charge on any atom is 0.150 e. The Morgan fingerprint density at radius 1 is 1.50 bits per heavy atom. The fraction of sp³-hybridized carbons (Fsp3) is 1.00. The molecule has 0 bridgehead atoms. The summed E-state index contributed by atoms with van der Waals surface area (Å²) in [5.74, 6) is 0.00926. The van der Waals surface area contributed by atoms with E-state index in [1.54, 1.807) is 0 Å². The summed E-state index contributed by atoms with van der Waals surface area (Å²) in [4.78, 5) is 0. The highest BCUT2D eigenvalue weighted by Gasteiger charge is 2.37. The zero-order valence-electron chi connectivity index (χ0n) is 5.95. The third-order valence-electron chi connectivity index (χ3n) is 2.13. The predicted octanol–water partition coefficient (Wildman–Crippen LogP) is -0.198. The first kappa shape index (κ1) is 8.01. The van der Waals surface area contributed by atoms with Gasteiger partial charge in [0.2, 0.25) is 0 Å². The van der Waals surface area contributed by atoms with Crippen molar-refractivity contribution in [3.63, 3.8) is 0 Å². The van der Waals surface area contributed by atoms with Gasteiger partial charge in [-0.3, -0.25) is 0 Å². The summed E-state index contributed by atoms with van der Waals surface area (Å²) >= 11 is 0. The van der Waals surface area contributed by atoms with Crippen LogP contribution in [-0.2, 0) is 9.84 Å². The van der Waals surface area contributed by atoms with Crippen LogP contribution in [0.2, 0.25) is 0 Å². The lowest BCUT2D eigenvalue weighted by molar-refractivity contribution is 0.166. The summed E-state index contributed by atoms with van der Waals surface area (Å²) in [6.07, 6.45) is 2.82. The number of hydrogen-bond acceptors (Lipinski definition) is 3. The molecule has 0 aliphatic heterocycles. The first-order chi connectivity index (χ1) is 4.55. The third-order valence-corrected chi connectivity index (χ3v) is 3.85. The Hall–Kier alpha value is -0.0900. The number of rotatable bonds is 2. The monoisotopic (exact) mass is 164 g/mol. The number of aliphatic hydroxyl groups is 1. The smallest absolute Gasteiger partial charge is 0.150 e. The van der Waals surface area contributed by atoms with Gasteiger partial charge in [-0.2, -0.15) is 0 Å². The van der Waals surface area contributed by atoms with Gasteiger partial charge in [-0.05, 0) is 18.8 Å². The fourth-order valence-corrected chi connectivity index (χ4v) is 2.80. The Kier molecular flexibility index (Phi) is 2.01. The maximum absolute atomic E-state index is 10.9. The van der Waals surface area contributed by atoms with Crippen LogP contribution in [0.15, 0.2) is 0 Å². The van der Waals surface area contributed by atoms with Gasteiger partial charge < -0.3 is 5.11 Å². The molecule has 1 fully saturated rings. The highest BCUT2D eigenvalue weighted by Crippen LogP contribution is 2.32. The molecule has 1 rings (SSSR count). The molecule has 1 aliphatic rings. The number of hydrogen-bond donors (Lipinski definition) is 1. The number of aliphatic hydroxyl groups excluding tert-OH is 1. The van der Waals surface area contributed by atoms with E-state index in [1.165, 1.54) is 6.26 Å². The van der Waals surface area contributed by atoms with Crippen LogP contribution < -0.4 is 0 Å². The minimum absolute atomic E-state index is 0.00926. The Morgan fingerprint density at radius 3 is 2.20 bits per heavy atom. The second-order valence-corrected chi connectivity index (χ2v) is 5.15. The molecule has 60 valence electrons. The van der Waals surface area contributed by atoms with E-state index in [1.807, 2.05) is 0 Å². The van der Waals surface area contributed by atoms with E-state index in [0.29, 0.717) is 0 Å². The minimum atomic E-state index is -2.89. The third kappa shape index (κ3) is 1.32. The average molecular weight is 164 g/mol. The van der Waals surface area contributed by atoms with Crippen LogP contribution in [0.5, 0.6) is 0 Å². The molecule has 0 aromatic heterocycles.